The molecule has 0 saturated carbocycles. The monoisotopic (exact) mass is 718 g/mol. The van der Waals surface area contributed by atoms with Crippen molar-refractivity contribution in [3.05, 3.63) is 126 Å². The van der Waals surface area contributed by atoms with Crippen molar-refractivity contribution >= 4 is 0 Å². The van der Waals surface area contributed by atoms with Crippen molar-refractivity contribution in [2.24, 2.45) is 17.8 Å². The number of aromatic nitrogens is 3. The molecule has 3 nitrogen and oxygen atoms in total. The van der Waals surface area contributed by atoms with Crippen LogP contribution in [-0.2, 0) is 38.5 Å². The maximum Gasteiger partial charge on any atom is 0.0409 e. The van der Waals surface area contributed by atoms with Gasteiger partial charge in [0.15, 0.2) is 0 Å². The summed E-state index contributed by atoms with van der Waals surface area (Å²) in [5.74, 6) is 2.13. The summed E-state index contributed by atoms with van der Waals surface area (Å²) in [7, 11) is 0. The second kappa shape index (κ2) is 28.2. The van der Waals surface area contributed by atoms with Crippen molar-refractivity contribution < 1.29 is 0 Å². The summed E-state index contributed by atoms with van der Waals surface area (Å²) in [5.41, 5.74) is 7.60. The number of fused-ring (bicyclic) bond motifs is 4. The maximum absolute atomic E-state index is 4.79. The minimum absolute atomic E-state index is 0.632. The second-order valence-electron chi connectivity index (χ2n) is 16.2. The smallest absolute Gasteiger partial charge is 0.0409 e. The van der Waals surface area contributed by atoms with E-state index in [1.165, 1.54) is 137 Å². The Morgan fingerprint density at radius 1 is 0.623 bits per heavy atom. The van der Waals surface area contributed by atoms with Crippen LogP contribution in [0.25, 0.3) is 0 Å². The maximum atomic E-state index is 4.79. The Morgan fingerprint density at radius 2 is 1.23 bits per heavy atom. The molecule has 0 aromatic carbocycles. The zero-order chi connectivity index (χ0) is 37.8. The fourth-order valence-corrected chi connectivity index (χ4v) is 7.44. The molecule has 0 fully saturated rings. The number of hydrogen-bond acceptors (Lipinski definition) is 3. The van der Waals surface area contributed by atoms with Crippen LogP contribution >= 0.6 is 0 Å². The molecule has 0 radical (unpaired) electrons. The Kier molecular flexibility index (Phi) is 23.4. The van der Waals surface area contributed by atoms with E-state index in [1.807, 2.05) is 12.2 Å². The summed E-state index contributed by atoms with van der Waals surface area (Å²) < 4.78 is 0. The number of nitrogens with zero attached hydrogens (tertiary/aromatic N) is 3. The predicted molar refractivity (Wildman–Crippen MR) is 230 cm³/mol. The first-order valence-electron chi connectivity index (χ1n) is 21.7. The highest BCUT2D eigenvalue weighted by molar-refractivity contribution is 5.14. The fourth-order valence-electron chi connectivity index (χ4n) is 7.44. The molecule has 0 amide bonds. The lowest BCUT2D eigenvalue weighted by Crippen LogP contribution is -2.03. The van der Waals surface area contributed by atoms with Gasteiger partial charge in [0, 0.05) is 34.2 Å². The normalized spacial score (nSPS) is 18.9. The SMILES string of the molecule is C=CCCCCCc1cccc(C[C@H](C)CC=C)n1.C[C@@H]1CC=CCCCCCc2cccc(n2)C1.C[C@@H]1CCCCCCCCc2cccc(n2)C1. The van der Waals surface area contributed by atoms with Crippen molar-refractivity contribution in [1.29, 1.82) is 0 Å². The zero-order valence-electron chi connectivity index (χ0n) is 34.3. The van der Waals surface area contributed by atoms with Gasteiger partial charge >= 0.3 is 0 Å². The molecule has 3 aromatic rings. The molecular weight excluding hydrogens is 643 g/mol. The van der Waals surface area contributed by atoms with Crippen LogP contribution in [0, 0.1) is 17.8 Å². The second-order valence-corrected chi connectivity index (χ2v) is 16.2. The molecule has 2 aliphatic rings. The lowest BCUT2D eigenvalue weighted by Gasteiger charge is -2.11. The van der Waals surface area contributed by atoms with Crippen LogP contribution in [0.5, 0.6) is 0 Å². The van der Waals surface area contributed by atoms with Gasteiger partial charge in [-0.05, 0) is 150 Å². The van der Waals surface area contributed by atoms with Crippen molar-refractivity contribution in [1.82, 2.24) is 15.0 Å². The molecule has 3 heteroatoms. The molecule has 5 rings (SSSR count). The average Bonchev–Trinajstić information content (AvgIpc) is 3.16. The van der Waals surface area contributed by atoms with E-state index in [-0.39, 0.29) is 0 Å². The summed E-state index contributed by atoms with van der Waals surface area (Å²) in [6.07, 6.45) is 37.5. The average molecular weight is 718 g/mol. The molecule has 0 N–H and O–H groups in total. The van der Waals surface area contributed by atoms with E-state index in [0.29, 0.717) is 11.8 Å². The van der Waals surface area contributed by atoms with Crippen molar-refractivity contribution in [3.63, 3.8) is 0 Å². The van der Waals surface area contributed by atoms with Crippen molar-refractivity contribution in [2.75, 3.05) is 0 Å². The Bertz CT molecular complexity index is 1420. The van der Waals surface area contributed by atoms with E-state index in [2.05, 4.69) is 101 Å². The number of allylic oxidation sites excluding steroid dienone is 4. The first kappa shape index (κ1) is 44.1. The highest BCUT2D eigenvalue weighted by Gasteiger charge is 2.08. The zero-order valence-corrected chi connectivity index (χ0v) is 34.3. The van der Waals surface area contributed by atoms with Gasteiger partial charge in [0.2, 0.25) is 0 Å². The summed E-state index contributed by atoms with van der Waals surface area (Å²) in [5, 5.41) is 0. The summed E-state index contributed by atoms with van der Waals surface area (Å²) in [6, 6.07) is 19.5. The molecule has 2 aliphatic heterocycles. The van der Waals surface area contributed by atoms with Crippen LogP contribution in [-0.4, -0.2) is 15.0 Å². The molecule has 3 aromatic heterocycles. The Labute approximate surface area is 326 Å². The molecule has 290 valence electrons. The van der Waals surface area contributed by atoms with Gasteiger partial charge < -0.3 is 0 Å². The predicted octanol–water partition coefficient (Wildman–Crippen LogP) is 14.0. The molecule has 5 heterocycles. The van der Waals surface area contributed by atoms with Gasteiger partial charge in [-0.2, -0.15) is 0 Å². The standard InChI is InChI=1S/C18H27N.C16H25N.C16H23N/c1-4-6-7-8-9-12-17-13-10-14-18(19-17)15-16(3)11-5-2;2*1-14-9-6-4-2-3-5-7-10-15-11-8-12-16(13-14)17-15/h4-5,10,13-14,16H,1-2,6-9,11-12,15H2,3H3;8,11-12,14H,2-7,9-10,13H2,1H3;4,6,8,11-12,14H,2-3,5,7,9-10,13H2,1H3/t16-;2*14-/m111/s1. The highest BCUT2D eigenvalue weighted by atomic mass is 14.7. The van der Waals surface area contributed by atoms with Gasteiger partial charge in [-0.1, -0.05) is 115 Å². The molecular formula is C50H75N3. The van der Waals surface area contributed by atoms with Gasteiger partial charge in [-0.15, -0.1) is 13.2 Å². The third-order valence-corrected chi connectivity index (χ3v) is 10.6. The fraction of sp³-hybridized carbons (Fsp3) is 0.580. The summed E-state index contributed by atoms with van der Waals surface area (Å²) in [4.78, 5) is 14.3. The quantitative estimate of drug-likeness (QED) is 0.155. The van der Waals surface area contributed by atoms with Crippen LogP contribution in [0.1, 0.15) is 164 Å². The van der Waals surface area contributed by atoms with Crippen LogP contribution in [0.4, 0.5) is 0 Å². The van der Waals surface area contributed by atoms with Gasteiger partial charge in [0.05, 0.1) is 0 Å². The van der Waals surface area contributed by atoms with Crippen molar-refractivity contribution in [3.8, 4) is 0 Å². The number of pyridine rings is 3. The lowest BCUT2D eigenvalue weighted by molar-refractivity contribution is 0.479. The molecule has 0 saturated heterocycles. The number of unbranched alkanes of at least 4 members (excludes halogenated alkanes) is 3. The molecule has 0 unspecified atom stereocenters. The Hall–Kier alpha value is -3.33. The molecule has 0 spiro atoms. The minimum atomic E-state index is 0.632. The van der Waals surface area contributed by atoms with E-state index in [1.54, 1.807) is 0 Å². The Balaban J connectivity index is 0.000000214. The largest absolute Gasteiger partial charge is 0.258 e. The summed E-state index contributed by atoms with van der Waals surface area (Å²) >= 11 is 0. The Morgan fingerprint density at radius 3 is 1.92 bits per heavy atom. The van der Waals surface area contributed by atoms with Crippen molar-refractivity contribution in [2.45, 2.75) is 168 Å². The molecule has 4 bridgehead atoms. The summed E-state index contributed by atoms with van der Waals surface area (Å²) in [6.45, 7) is 14.5. The van der Waals surface area contributed by atoms with Crippen LogP contribution in [0.3, 0.4) is 0 Å². The van der Waals surface area contributed by atoms with E-state index < -0.39 is 0 Å². The number of aryl methyl sites for hydroxylation is 3. The minimum Gasteiger partial charge on any atom is -0.258 e. The van der Waals surface area contributed by atoms with Crippen LogP contribution < -0.4 is 0 Å². The number of hydrogen-bond donors (Lipinski definition) is 0. The van der Waals surface area contributed by atoms with Gasteiger partial charge in [-0.25, -0.2) is 0 Å². The third kappa shape index (κ3) is 21.2. The van der Waals surface area contributed by atoms with E-state index in [4.69, 9.17) is 15.0 Å². The molecule has 53 heavy (non-hydrogen) atoms. The number of rotatable bonds is 10. The van der Waals surface area contributed by atoms with Gasteiger partial charge in [0.1, 0.15) is 0 Å². The van der Waals surface area contributed by atoms with Crippen LogP contribution in [0.15, 0.2) is 92.1 Å². The van der Waals surface area contributed by atoms with E-state index in [0.717, 1.165) is 50.9 Å². The van der Waals surface area contributed by atoms with Gasteiger partial charge in [0.25, 0.3) is 0 Å². The lowest BCUT2D eigenvalue weighted by atomic mass is 9.97. The molecule has 0 aliphatic carbocycles. The van der Waals surface area contributed by atoms with Gasteiger partial charge in [-0.3, -0.25) is 15.0 Å². The van der Waals surface area contributed by atoms with E-state index in [9.17, 15) is 0 Å². The van der Waals surface area contributed by atoms with E-state index >= 15 is 0 Å². The topological polar surface area (TPSA) is 38.7 Å². The first-order valence-corrected chi connectivity index (χ1v) is 21.7. The highest BCUT2D eigenvalue weighted by Crippen LogP contribution is 2.19. The third-order valence-electron chi connectivity index (χ3n) is 10.6. The molecule has 3 atom stereocenters. The van der Waals surface area contributed by atoms with Crippen LogP contribution in [0.2, 0.25) is 0 Å². The first-order chi connectivity index (χ1) is 25.9.